The number of carbonyl (C=O) groups excluding carboxylic acids is 2. The summed E-state index contributed by atoms with van der Waals surface area (Å²) < 4.78 is 5.18. The van der Waals surface area contributed by atoms with Crippen LogP contribution in [0.2, 0.25) is 0 Å². The van der Waals surface area contributed by atoms with Gasteiger partial charge in [0.25, 0.3) is 5.91 Å². The van der Waals surface area contributed by atoms with E-state index in [-0.39, 0.29) is 11.8 Å². The number of amides is 2. The Kier molecular flexibility index (Phi) is 3.74. The molecule has 0 saturated heterocycles. The van der Waals surface area contributed by atoms with Gasteiger partial charge in [-0.2, -0.15) is 0 Å². The van der Waals surface area contributed by atoms with Crippen molar-refractivity contribution >= 4 is 17.5 Å². The summed E-state index contributed by atoms with van der Waals surface area (Å²) in [7, 11) is 1.58. The molecule has 0 spiro atoms. The second kappa shape index (κ2) is 5.30. The van der Waals surface area contributed by atoms with Crippen molar-refractivity contribution in [3.63, 3.8) is 0 Å². The van der Waals surface area contributed by atoms with Crippen molar-refractivity contribution in [2.24, 2.45) is 0 Å². The number of ether oxygens (including phenoxy) is 1. The van der Waals surface area contributed by atoms with Crippen LogP contribution in [0.25, 0.3) is 0 Å². The molecule has 102 valence electrons. The molecule has 0 saturated carbocycles. The highest BCUT2D eigenvalue weighted by molar-refractivity contribution is 6.06. The summed E-state index contributed by atoms with van der Waals surface area (Å²) in [5, 5.41) is 2.70. The first-order chi connectivity index (χ1) is 9.08. The molecule has 1 aliphatic heterocycles. The molecule has 0 bridgehead atoms. The Hall–Kier alpha value is -2.04. The highest BCUT2D eigenvalue weighted by atomic mass is 16.5. The Bertz CT molecular complexity index is 513. The second-order valence-corrected chi connectivity index (χ2v) is 4.55. The molecule has 5 heteroatoms. The minimum Gasteiger partial charge on any atom is -0.497 e. The standard InChI is InChI=1S/C14H18N2O3/c1-4-7-16-12-6-5-10(19-3)8-11(12)13(14(16)18)15-9(2)17/h5-6,8,13H,4,7H2,1-3H3,(H,15,17)/t13-/m0/s1. The van der Waals surface area contributed by atoms with E-state index < -0.39 is 6.04 Å². The summed E-state index contributed by atoms with van der Waals surface area (Å²) in [4.78, 5) is 25.3. The van der Waals surface area contributed by atoms with E-state index >= 15 is 0 Å². The highest BCUT2D eigenvalue weighted by Gasteiger charge is 2.37. The van der Waals surface area contributed by atoms with Gasteiger partial charge in [0, 0.05) is 24.7 Å². The predicted molar refractivity (Wildman–Crippen MR) is 72.2 cm³/mol. The monoisotopic (exact) mass is 262 g/mol. The maximum Gasteiger partial charge on any atom is 0.254 e. The van der Waals surface area contributed by atoms with Gasteiger partial charge in [0.2, 0.25) is 5.91 Å². The van der Waals surface area contributed by atoms with E-state index in [1.165, 1.54) is 6.92 Å². The van der Waals surface area contributed by atoms with Gasteiger partial charge in [0.05, 0.1) is 7.11 Å². The van der Waals surface area contributed by atoms with Gasteiger partial charge in [-0.15, -0.1) is 0 Å². The van der Waals surface area contributed by atoms with E-state index in [1.54, 1.807) is 12.0 Å². The molecule has 0 aliphatic carbocycles. The first kappa shape index (κ1) is 13.4. The summed E-state index contributed by atoms with van der Waals surface area (Å²) in [5.74, 6) is 0.381. The van der Waals surface area contributed by atoms with Gasteiger partial charge < -0.3 is 15.0 Å². The van der Waals surface area contributed by atoms with Crippen molar-refractivity contribution < 1.29 is 14.3 Å². The molecule has 5 nitrogen and oxygen atoms in total. The van der Waals surface area contributed by atoms with Gasteiger partial charge in [-0.25, -0.2) is 0 Å². The average Bonchev–Trinajstić information content (AvgIpc) is 2.64. The Balaban J connectivity index is 2.43. The number of rotatable bonds is 4. The number of methoxy groups -OCH3 is 1. The first-order valence-electron chi connectivity index (χ1n) is 6.35. The second-order valence-electron chi connectivity index (χ2n) is 4.55. The van der Waals surface area contributed by atoms with Crippen LogP contribution in [-0.4, -0.2) is 25.5 Å². The lowest BCUT2D eigenvalue weighted by Crippen LogP contribution is -2.36. The zero-order valence-electron chi connectivity index (χ0n) is 11.4. The molecule has 1 aromatic rings. The molecule has 1 aromatic carbocycles. The quantitative estimate of drug-likeness (QED) is 0.897. The summed E-state index contributed by atoms with van der Waals surface area (Å²) in [6, 6.07) is 4.90. The van der Waals surface area contributed by atoms with Gasteiger partial charge in [-0.1, -0.05) is 6.92 Å². The molecule has 2 amide bonds. The van der Waals surface area contributed by atoms with Crippen molar-refractivity contribution in [1.82, 2.24) is 5.32 Å². The smallest absolute Gasteiger partial charge is 0.254 e. The number of carbonyl (C=O) groups is 2. The van der Waals surface area contributed by atoms with E-state index in [1.807, 2.05) is 25.1 Å². The van der Waals surface area contributed by atoms with Crippen molar-refractivity contribution in [3.05, 3.63) is 23.8 Å². The van der Waals surface area contributed by atoms with Gasteiger partial charge >= 0.3 is 0 Å². The van der Waals surface area contributed by atoms with E-state index in [9.17, 15) is 9.59 Å². The van der Waals surface area contributed by atoms with Crippen LogP contribution in [0.5, 0.6) is 5.75 Å². The summed E-state index contributed by atoms with van der Waals surface area (Å²) in [5.41, 5.74) is 1.65. The number of hydrogen-bond acceptors (Lipinski definition) is 3. The molecule has 19 heavy (non-hydrogen) atoms. The fourth-order valence-corrected chi connectivity index (χ4v) is 2.34. The lowest BCUT2D eigenvalue weighted by atomic mass is 10.1. The molecule has 0 unspecified atom stereocenters. The molecule has 1 heterocycles. The van der Waals surface area contributed by atoms with Crippen molar-refractivity contribution in [3.8, 4) is 5.75 Å². The number of anilines is 1. The van der Waals surface area contributed by atoms with Crippen LogP contribution in [0, 0.1) is 0 Å². The Morgan fingerprint density at radius 1 is 1.47 bits per heavy atom. The third-order valence-corrected chi connectivity index (χ3v) is 3.14. The molecule has 0 radical (unpaired) electrons. The summed E-state index contributed by atoms with van der Waals surface area (Å²) in [6.07, 6.45) is 0.865. The van der Waals surface area contributed by atoms with Crippen LogP contribution in [-0.2, 0) is 9.59 Å². The third kappa shape index (κ3) is 2.41. The Labute approximate surface area is 112 Å². The van der Waals surface area contributed by atoms with Crippen LogP contribution < -0.4 is 15.0 Å². The number of benzene rings is 1. The minimum atomic E-state index is -0.603. The molecule has 1 atom stereocenters. The third-order valence-electron chi connectivity index (χ3n) is 3.14. The fourth-order valence-electron chi connectivity index (χ4n) is 2.34. The van der Waals surface area contributed by atoms with Crippen LogP contribution in [0.1, 0.15) is 31.9 Å². The zero-order valence-corrected chi connectivity index (χ0v) is 11.4. The largest absolute Gasteiger partial charge is 0.497 e. The van der Waals surface area contributed by atoms with Crippen LogP contribution >= 0.6 is 0 Å². The summed E-state index contributed by atoms with van der Waals surface area (Å²) in [6.45, 7) is 4.08. The molecular formula is C14H18N2O3. The van der Waals surface area contributed by atoms with Crippen LogP contribution in [0.15, 0.2) is 18.2 Å². The van der Waals surface area contributed by atoms with E-state index in [2.05, 4.69) is 5.32 Å². The van der Waals surface area contributed by atoms with E-state index in [4.69, 9.17) is 4.74 Å². The average molecular weight is 262 g/mol. The van der Waals surface area contributed by atoms with Crippen molar-refractivity contribution in [2.75, 3.05) is 18.6 Å². The van der Waals surface area contributed by atoms with Crippen LogP contribution in [0.3, 0.4) is 0 Å². The first-order valence-corrected chi connectivity index (χ1v) is 6.35. The van der Waals surface area contributed by atoms with Crippen LogP contribution in [0.4, 0.5) is 5.69 Å². The van der Waals surface area contributed by atoms with E-state index in [0.717, 1.165) is 17.7 Å². The lowest BCUT2D eigenvalue weighted by Gasteiger charge is -2.16. The van der Waals surface area contributed by atoms with Gasteiger partial charge in [-0.05, 0) is 24.6 Å². The molecule has 0 aromatic heterocycles. The molecule has 1 N–H and O–H groups in total. The maximum absolute atomic E-state index is 12.4. The normalized spacial score (nSPS) is 17.3. The van der Waals surface area contributed by atoms with Crippen molar-refractivity contribution in [1.29, 1.82) is 0 Å². The zero-order chi connectivity index (χ0) is 14.0. The topological polar surface area (TPSA) is 58.6 Å². The fraction of sp³-hybridized carbons (Fsp3) is 0.429. The highest BCUT2D eigenvalue weighted by Crippen LogP contribution is 2.38. The van der Waals surface area contributed by atoms with Gasteiger partial charge in [0.1, 0.15) is 11.8 Å². The van der Waals surface area contributed by atoms with Gasteiger partial charge in [0.15, 0.2) is 0 Å². The molecule has 2 rings (SSSR count). The van der Waals surface area contributed by atoms with Crippen molar-refractivity contribution in [2.45, 2.75) is 26.3 Å². The maximum atomic E-state index is 12.4. The minimum absolute atomic E-state index is 0.0831. The summed E-state index contributed by atoms with van der Waals surface area (Å²) >= 11 is 0. The number of nitrogens with zero attached hydrogens (tertiary/aromatic N) is 1. The Morgan fingerprint density at radius 2 is 2.21 bits per heavy atom. The molecular weight excluding hydrogens is 244 g/mol. The number of hydrogen-bond donors (Lipinski definition) is 1. The molecule has 0 fully saturated rings. The lowest BCUT2D eigenvalue weighted by molar-refractivity contribution is -0.126. The van der Waals surface area contributed by atoms with Gasteiger partial charge in [-0.3, -0.25) is 9.59 Å². The SMILES string of the molecule is CCCN1C(=O)[C@@H](NC(C)=O)c2cc(OC)ccc21. The predicted octanol–water partition coefficient (Wildman–Crippen LogP) is 1.63. The number of fused-ring (bicyclic) bond motifs is 1. The Morgan fingerprint density at radius 3 is 2.79 bits per heavy atom. The number of nitrogens with one attached hydrogen (secondary N) is 1. The van der Waals surface area contributed by atoms with E-state index in [0.29, 0.717) is 12.3 Å². The molecule has 1 aliphatic rings.